The van der Waals surface area contributed by atoms with Gasteiger partial charge in [0.25, 0.3) is 0 Å². The average Bonchev–Trinajstić information content (AvgIpc) is 3.47. The number of aromatic nitrogens is 3. The molecule has 3 heterocycles. The zero-order chi connectivity index (χ0) is 24.2. The summed E-state index contributed by atoms with van der Waals surface area (Å²) in [6.07, 6.45) is 3.85. The molecule has 0 aliphatic rings. The molecule has 0 saturated heterocycles. The van der Waals surface area contributed by atoms with Crippen molar-refractivity contribution in [1.29, 1.82) is 0 Å². The largest absolute Gasteiger partial charge is 0.507 e. The molecular weight excluding hydrogens is 641 g/mol. The summed E-state index contributed by atoms with van der Waals surface area (Å²) in [7, 11) is 1.93. The third kappa shape index (κ3) is 3.92. The van der Waals surface area contributed by atoms with Crippen LogP contribution in [0.4, 0.5) is 0 Å². The number of hydrogen-bond acceptors (Lipinski definition) is 4. The van der Waals surface area contributed by atoms with Gasteiger partial charge in [-0.1, -0.05) is 59.7 Å². The van der Waals surface area contributed by atoms with Crippen LogP contribution >= 0.6 is 0 Å². The Morgan fingerprint density at radius 1 is 0.784 bits per heavy atom. The molecular formula is C31H20N3O2Pt-. The van der Waals surface area contributed by atoms with Crippen molar-refractivity contribution in [3.63, 3.8) is 0 Å². The van der Waals surface area contributed by atoms with Gasteiger partial charge in [-0.2, -0.15) is 0 Å². The molecule has 7 rings (SSSR count). The third-order valence-corrected chi connectivity index (χ3v) is 6.59. The number of aryl methyl sites for hydroxylation is 1. The second-order valence-electron chi connectivity index (χ2n) is 8.92. The van der Waals surface area contributed by atoms with Crippen LogP contribution in [0, 0.1) is 6.07 Å². The van der Waals surface area contributed by atoms with Crippen LogP contribution < -0.4 is 0 Å². The van der Waals surface area contributed by atoms with Crippen molar-refractivity contribution in [3.05, 3.63) is 103 Å². The van der Waals surface area contributed by atoms with Gasteiger partial charge in [0.1, 0.15) is 22.7 Å². The van der Waals surface area contributed by atoms with Gasteiger partial charge >= 0.3 is 0 Å². The van der Waals surface area contributed by atoms with E-state index < -0.39 is 0 Å². The first kappa shape index (κ1) is 23.2. The number of furan rings is 1. The third-order valence-electron chi connectivity index (χ3n) is 6.59. The second kappa shape index (κ2) is 9.02. The Kier molecular flexibility index (Phi) is 5.66. The predicted molar refractivity (Wildman–Crippen MR) is 143 cm³/mol. The Labute approximate surface area is 227 Å². The Hall–Kier alpha value is -4.21. The number of imidazole rings is 1. The Balaban J connectivity index is 0.00000252. The van der Waals surface area contributed by atoms with Crippen molar-refractivity contribution in [2.45, 2.75) is 0 Å². The number of hydrogen-bond donors (Lipinski definition) is 1. The van der Waals surface area contributed by atoms with E-state index in [-0.39, 0.29) is 26.8 Å². The number of phenols is 1. The first-order valence-corrected chi connectivity index (χ1v) is 11.7. The molecule has 0 aliphatic heterocycles. The minimum atomic E-state index is 0. The SMILES string of the molecule is Cn1cc(-c2[c-]c(-c3cc4ccccc4cn3)ccc2)nc1-c1cc2c(cc1O)oc1ccccc12.[Pt]. The molecule has 1 N–H and O–H groups in total. The van der Waals surface area contributed by atoms with Crippen molar-refractivity contribution < 1.29 is 30.6 Å². The minimum Gasteiger partial charge on any atom is -0.507 e. The van der Waals surface area contributed by atoms with Gasteiger partial charge in [-0.3, -0.25) is 9.97 Å². The number of para-hydroxylation sites is 1. The minimum absolute atomic E-state index is 0. The maximum atomic E-state index is 10.8. The quantitative estimate of drug-likeness (QED) is 0.201. The first-order valence-electron chi connectivity index (χ1n) is 11.7. The van der Waals surface area contributed by atoms with E-state index in [1.54, 1.807) is 6.07 Å². The fourth-order valence-corrected chi connectivity index (χ4v) is 4.78. The van der Waals surface area contributed by atoms with E-state index >= 15 is 0 Å². The van der Waals surface area contributed by atoms with Crippen LogP contribution in [0.5, 0.6) is 5.75 Å². The summed E-state index contributed by atoms with van der Waals surface area (Å²) >= 11 is 0. The van der Waals surface area contributed by atoms with Crippen LogP contribution in [0.25, 0.3) is 66.6 Å². The van der Waals surface area contributed by atoms with Crippen molar-refractivity contribution in [3.8, 4) is 39.7 Å². The van der Waals surface area contributed by atoms with Crippen LogP contribution in [0.2, 0.25) is 0 Å². The molecule has 0 atom stereocenters. The number of phenolic OH excluding ortho intramolecular Hbond substituents is 1. The summed E-state index contributed by atoms with van der Waals surface area (Å²) in [5.74, 6) is 0.789. The van der Waals surface area contributed by atoms with Gasteiger partial charge in [0.15, 0.2) is 0 Å². The van der Waals surface area contributed by atoms with E-state index in [0.29, 0.717) is 17.0 Å². The van der Waals surface area contributed by atoms with Crippen LogP contribution in [0.1, 0.15) is 0 Å². The van der Waals surface area contributed by atoms with Gasteiger partial charge in [0, 0.05) is 62.5 Å². The number of pyridine rings is 1. The van der Waals surface area contributed by atoms with E-state index in [4.69, 9.17) is 9.40 Å². The molecule has 0 saturated carbocycles. The molecule has 0 aliphatic carbocycles. The summed E-state index contributed by atoms with van der Waals surface area (Å²) < 4.78 is 7.84. The van der Waals surface area contributed by atoms with E-state index in [9.17, 15) is 5.11 Å². The summed E-state index contributed by atoms with van der Waals surface area (Å²) in [5.41, 5.74) is 5.48. The smallest absolute Gasteiger partial charge is 0.139 e. The molecule has 0 spiro atoms. The van der Waals surface area contributed by atoms with Gasteiger partial charge < -0.3 is 14.1 Å². The standard InChI is InChI=1S/C31H20N3O2.Pt/c1-34-18-27(21-10-6-9-20(13-21)26-14-19-7-2-3-8-22(19)17-32-26)33-31(34)25-15-24-23-11-4-5-12-29(23)36-30(24)16-28(25)35;/h2-12,14-18,35H,1H3;/q-1;. The number of aromatic hydroxyl groups is 1. The number of rotatable bonds is 3. The number of nitrogens with zero attached hydrogens (tertiary/aromatic N) is 3. The predicted octanol–water partition coefficient (Wildman–Crippen LogP) is 7.37. The van der Waals surface area contributed by atoms with Crippen LogP contribution in [0.15, 0.2) is 102 Å². The summed E-state index contributed by atoms with van der Waals surface area (Å²) in [5, 5.41) is 15.0. The van der Waals surface area contributed by atoms with Crippen molar-refractivity contribution in [1.82, 2.24) is 14.5 Å². The van der Waals surface area contributed by atoms with Gasteiger partial charge in [-0.25, -0.2) is 0 Å². The van der Waals surface area contributed by atoms with E-state index in [0.717, 1.165) is 49.6 Å². The molecule has 0 amide bonds. The molecule has 4 aromatic carbocycles. The fourth-order valence-electron chi connectivity index (χ4n) is 4.78. The summed E-state index contributed by atoms with van der Waals surface area (Å²) in [4.78, 5) is 9.53. The van der Waals surface area contributed by atoms with E-state index in [2.05, 4.69) is 29.2 Å². The van der Waals surface area contributed by atoms with Gasteiger partial charge in [0.2, 0.25) is 0 Å². The number of fused-ring (bicyclic) bond motifs is 4. The van der Waals surface area contributed by atoms with Crippen molar-refractivity contribution in [2.24, 2.45) is 7.05 Å². The Morgan fingerprint density at radius 3 is 2.41 bits per heavy atom. The van der Waals surface area contributed by atoms with Crippen LogP contribution in [0.3, 0.4) is 0 Å². The Morgan fingerprint density at radius 2 is 1.54 bits per heavy atom. The maximum Gasteiger partial charge on any atom is 0.139 e. The number of benzene rings is 4. The zero-order valence-electron chi connectivity index (χ0n) is 19.8. The molecule has 0 unspecified atom stereocenters. The molecule has 3 aromatic heterocycles. The monoisotopic (exact) mass is 661 g/mol. The second-order valence-corrected chi connectivity index (χ2v) is 8.92. The van der Waals surface area contributed by atoms with Crippen molar-refractivity contribution >= 4 is 32.7 Å². The maximum absolute atomic E-state index is 10.8. The van der Waals surface area contributed by atoms with Gasteiger partial charge in [-0.05, 0) is 29.1 Å². The van der Waals surface area contributed by atoms with E-state index in [1.165, 1.54) is 0 Å². The van der Waals surface area contributed by atoms with Crippen LogP contribution in [-0.4, -0.2) is 19.6 Å². The molecule has 7 aromatic rings. The zero-order valence-corrected chi connectivity index (χ0v) is 22.0. The molecule has 182 valence electrons. The molecule has 5 nitrogen and oxygen atoms in total. The first-order chi connectivity index (χ1) is 17.6. The normalized spacial score (nSPS) is 11.3. The van der Waals surface area contributed by atoms with Crippen molar-refractivity contribution in [2.75, 3.05) is 0 Å². The van der Waals surface area contributed by atoms with Crippen LogP contribution in [-0.2, 0) is 28.1 Å². The van der Waals surface area contributed by atoms with Gasteiger partial charge in [0.05, 0.1) is 5.56 Å². The molecule has 37 heavy (non-hydrogen) atoms. The molecule has 6 heteroatoms. The molecule has 0 radical (unpaired) electrons. The fraction of sp³-hybridized carbons (Fsp3) is 0.0323. The van der Waals surface area contributed by atoms with E-state index in [1.807, 2.05) is 84.7 Å². The molecule has 0 bridgehead atoms. The Bertz CT molecular complexity index is 1940. The summed E-state index contributed by atoms with van der Waals surface area (Å²) in [6, 6.07) is 31.2. The summed E-state index contributed by atoms with van der Waals surface area (Å²) in [6.45, 7) is 0. The average molecular weight is 662 g/mol. The molecule has 0 fully saturated rings. The topological polar surface area (TPSA) is 64.1 Å². The van der Waals surface area contributed by atoms with Gasteiger partial charge in [-0.15, -0.1) is 24.3 Å².